The maximum Gasteiger partial charge on any atom is 0.335 e. The van der Waals surface area contributed by atoms with E-state index in [-0.39, 0.29) is 12.5 Å². The van der Waals surface area contributed by atoms with E-state index in [9.17, 15) is 14.7 Å². The van der Waals surface area contributed by atoms with Crippen molar-refractivity contribution in [1.29, 1.82) is 0 Å². The normalized spacial score (nSPS) is 14.8. The number of piperidine rings is 1. The lowest BCUT2D eigenvalue weighted by atomic mass is 9.88. The highest BCUT2D eigenvalue weighted by atomic mass is 16.5. The molecule has 2 aromatic rings. The fraction of sp³-hybridized carbons (Fsp3) is 0.333. The van der Waals surface area contributed by atoms with Gasteiger partial charge in [0.2, 0.25) is 0 Å². The van der Waals surface area contributed by atoms with Crippen LogP contribution < -0.4 is 4.74 Å². The number of para-hydroxylation sites is 1. The number of hydrogen-bond donors (Lipinski definition) is 1. The molecule has 2 aromatic carbocycles. The van der Waals surface area contributed by atoms with Crippen molar-refractivity contribution in [2.24, 2.45) is 5.92 Å². The fourth-order valence-electron chi connectivity index (χ4n) is 3.36. The lowest BCUT2D eigenvalue weighted by molar-refractivity contribution is -0.134. The van der Waals surface area contributed by atoms with Crippen LogP contribution in [0.15, 0.2) is 54.6 Å². The average Bonchev–Trinajstić information content (AvgIpc) is 2.68. The van der Waals surface area contributed by atoms with Crippen LogP contribution in [0.3, 0.4) is 0 Å². The number of carbonyl (C=O) groups is 2. The van der Waals surface area contributed by atoms with Crippen LogP contribution in [-0.4, -0.2) is 41.6 Å². The molecule has 0 aromatic heterocycles. The second kappa shape index (κ2) is 8.52. The van der Waals surface area contributed by atoms with Crippen molar-refractivity contribution >= 4 is 11.9 Å². The Balaban J connectivity index is 1.48. The molecule has 0 radical (unpaired) electrons. The van der Waals surface area contributed by atoms with Crippen molar-refractivity contribution in [3.63, 3.8) is 0 Å². The molecule has 136 valence electrons. The molecule has 0 aliphatic carbocycles. The molecule has 1 heterocycles. The fourth-order valence-corrected chi connectivity index (χ4v) is 3.36. The van der Waals surface area contributed by atoms with Crippen molar-refractivity contribution in [2.75, 3.05) is 19.7 Å². The average molecular weight is 353 g/mol. The molecule has 1 N–H and O–H groups in total. The molecule has 0 atom stereocenters. The van der Waals surface area contributed by atoms with Crippen molar-refractivity contribution in [2.45, 2.75) is 19.3 Å². The molecule has 1 fully saturated rings. The zero-order valence-electron chi connectivity index (χ0n) is 14.6. The molecule has 0 unspecified atom stereocenters. The molecule has 1 aliphatic rings. The van der Waals surface area contributed by atoms with Crippen LogP contribution in [0, 0.1) is 5.92 Å². The molecular formula is C21H23NO4. The summed E-state index contributed by atoms with van der Waals surface area (Å²) in [5.74, 6) is 0.208. The summed E-state index contributed by atoms with van der Waals surface area (Å²) in [5, 5.41) is 9.30. The number of aromatic carboxylic acids is 1. The Hall–Kier alpha value is -2.82. The predicted molar refractivity (Wildman–Crippen MR) is 98.3 cm³/mol. The van der Waals surface area contributed by atoms with Gasteiger partial charge in [0.05, 0.1) is 5.56 Å². The summed E-state index contributed by atoms with van der Waals surface area (Å²) in [4.78, 5) is 25.5. The van der Waals surface area contributed by atoms with Gasteiger partial charge in [0, 0.05) is 13.1 Å². The minimum Gasteiger partial charge on any atom is -0.484 e. The second-order valence-electron chi connectivity index (χ2n) is 6.59. The van der Waals surface area contributed by atoms with Crippen LogP contribution in [0.5, 0.6) is 5.75 Å². The van der Waals surface area contributed by atoms with Gasteiger partial charge in [0.25, 0.3) is 5.91 Å². The Morgan fingerprint density at radius 3 is 2.35 bits per heavy atom. The third kappa shape index (κ3) is 4.63. The number of likely N-dealkylation sites (tertiary alicyclic amines) is 1. The van der Waals surface area contributed by atoms with Gasteiger partial charge in [-0.1, -0.05) is 36.4 Å². The van der Waals surface area contributed by atoms with Gasteiger partial charge in [-0.05, 0) is 48.9 Å². The SMILES string of the molecule is O=C(O)c1ccccc1CC1CCN(C(=O)COc2ccccc2)CC1. The quantitative estimate of drug-likeness (QED) is 0.866. The predicted octanol–water partition coefficient (Wildman–Crippen LogP) is 3.24. The van der Waals surface area contributed by atoms with Gasteiger partial charge in [0.15, 0.2) is 6.61 Å². The molecule has 5 nitrogen and oxygen atoms in total. The molecule has 0 spiro atoms. The lowest BCUT2D eigenvalue weighted by Gasteiger charge is -2.32. The molecule has 26 heavy (non-hydrogen) atoms. The highest BCUT2D eigenvalue weighted by Crippen LogP contribution is 2.23. The first-order chi connectivity index (χ1) is 12.6. The van der Waals surface area contributed by atoms with Crippen LogP contribution in [-0.2, 0) is 11.2 Å². The Morgan fingerprint density at radius 2 is 1.65 bits per heavy atom. The standard InChI is InChI=1S/C21H23NO4/c23-20(15-26-18-7-2-1-3-8-18)22-12-10-16(11-13-22)14-17-6-4-5-9-19(17)21(24)25/h1-9,16H,10-15H2,(H,24,25). The minimum atomic E-state index is -0.883. The number of ether oxygens (including phenoxy) is 1. The van der Waals surface area contributed by atoms with Gasteiger partial charge in [-0.3, -0.25) is 4.79 Å². The van der Waals surface area contributed by atoms with E-state index in [1.807, 2.05) is 47.4 Å². The smallest absolute Gasteiger partial charge is 0.335 e. The molecule has 0 bridgehead atoms. The summed E-state index contributed by atoms with van der Waals surface area (Å²) in [7, 11) is 0. The van der Waals surface area contributed by atoms with E-state index in [0.29, 0.717) is 30.3 Å². The third-order valence-electron chi connectivity index (χ3n) is 4.83. The Morgan fingerprint density at radius 1 is 1.00 bits per heavy atom. The number of benzene rings is 2. The largest absolute Gasteiger partial charge is 0.484 e. The van der Waals surface area contributed by atoms with Crippen molar-refractivity contribution in [3.05, 3.63) is 65.7 Å². The van der Waals surface area contributed by atoms with Crippen molar-refractivity contribution in [1.82, 2.24) is 4.90 Å². The van der Waals surface area contributed by atoms with Crippen LogP contribution in [0.4, 0.5) is 0 Å². The van der Waals surface area contributed by atoms with E-state index in [2.05, 4.69) is 0 Å². The Bertz CT molecular complexity index is 752. The van der Waals surface area contributed by atoms with E-state index < -0.39 is 5.97 Å². The van der Waals surface area contributed by atoms with E-state index in [4.69, 9.17) is 4.74 Å². The maximum absolute atomic E-state index is 12.3. The summed E-state index contributed by atoms with van der Waals surface area (Å²) in [6.45, 7) is 1.43. The summed E-state index contributed by atoms with van der Waals surface area (Å²) >= 11 is 0. The molecule has 0 saturated carbocycles. The van der Waals surface area contributed by atoms with Crippen LogP contribution in [0.25, 0.3) is 0 Å². The van der Waals surface area contributed by atoms with Crippen LogP contribution in [0.1, 0.15) is 28.8 Å². The topological polar surface area (TPSA) is 66.8 Å². The Labute approximate surface area is 153 Å². The lowest BCUT2D eigenvalue weighted by Crippen LogP contribution is -2.41. The van der Waals surface area contributed by atoms with Gasteiger partial charge < -0.3 is 14.7 Å². The second-order valence-corrected chi connectivity index (χ2v) is 6.59. The zero-order valence-corrected chi connectivity index (χ0v) is 14.6. The van der Waals surface area contributed by atoms with Crippen molar-refractivity contribution < 1.29 is 19.4 Å². The molecular weight excluding hydrogens is 330 g/mol. The molecule has 1 saturated heterocycles. The van der Waals surface area contributed by atoms with Crippen LogP contribution >= 0.6 is 0 Å². The maximum atomic E-state index is 12.3. The number of hydrogen-bond acceptors (Lipinski definition) is 3. The summed E-state index contributed by atoms with van der Waals surface area (Å²) in [5.41, 5.74) is 1.25. The third-order valence-corrected chi connectivity index (χ3v) is 4.83. The first-order valence-electron chi connectivity index (χ1n) is 8.90. The number of carboxylic acids is 1. The van der Waals surface area contributed by atoms with E-state index in [0.717, 1.165) is 24.8 Å². The van der Waals surface area contributed by atoms with Crippen LogP contribution in [0.2, 0.25) is 0 Å². The zero-order chi connectivity index (χ0) is 18.4. The minimum absolute atomic E-state index is 0.00163. The number of carboxylic acid groups (broad SMARTS) is 1. The van der Waals surface area contributed by atoms with Gasteiger partial charge >= 0.3 is 5.97 Å². The number of amides is 1. The van der Waals surface area contributed by atoms with Crippen molar-refractivity contribution in [3.8, 4) is 5.75 Å². The number of nitrogens with zero attached hydrogens (tertiary/aromatic N) is 1. The monoisotopic (exact) mass is 353 g/mol. The summed E-state index contributed by atoms with van der Waals surface area (Å²) in [6.07, 6.45) is 2.50. The highest BCUT2D eigenvalue weighted by Gasteiger charge is 2.24. The van der Waals surface area contributed by atoms with E-state index in [1.54, 1.807) is 12.1 Å². The molecule has 1 aliphatic heterocycles. The highest BCUT2D eigenvalue weighted by molar-refractivity contribution is 5.89. The molecule has 3 rings (SSSR count). The molecule has 1 amide bonds. The number of rotatable bonds is 6. The molecule has 5 heteroatoms. The first kappa shape index (κ1) is 18.0. The first-order valence-corrected chi connectivity index (χ1v) is 8.90. The van der Waals surface area contributed by atoms with Gasteiger partial charge in [-0.25, -0.2) is 4.79 Å². The van der Waals surface area contributed by atoms with Gasteiger partial charge in [-0.2, -0.15) is 0 Å². The van der Waals surface area contributed by atoms with E-state index in [1.165, 1.54) is 0 Å². The van der Waals surface area contributed by atoms with Gasteiger partial charge in [-0.15, -0.1) is 0 Å². The number of carbonyl (C=O) groups excluding carboxylic acids is 1. The van der Waals surface area contributed by atoms with Gasteiger partial charge in [0.1, 0.15) is 5.75 Å². The Kier molecular flexibility index (Phi) is 5.89. The van der Waals surface area contributed by atoms with E-state index >= 15 is 0 Å². The summed E-state index contributed by atoms with van der Waals surface area (Å²) < 4.78 is 5.53. The summed E-state index contributed by atoms with van der Waals surface area (Å²) in [6, 6.07) is 16.5.